The third-order valence-corrected chi connectivity index (χ3v) is 6.42. The maximum Gasteiger partial charge on any atom is 0.242 e. The summed E-state index contributed by atoms with van der Waals surface area (Å²) >= 11 is 0. The molecule has 1 amide bonds. The standard InChI is InChI=1S/C22H28N4O3/c27-20(25-11-7-18(14-25)29-17-4-2-1-3-5-17)15-26-16-23-21-19(26)6-10-24-22(21)8-12-28-13-9-22/h1-5,16,18,24H,6-15H2/t18-/m0/s1. The van der Waals surface area contributed by atoms with E-state index in [1.807, 2.05) is 41.6 Å². The van der Waals surface area contributed by atoms with Gasteiger partial charge in [0.25, 0.3) is 0 Å². The molecule has 2 aromatic rings. The van der Waals surface area contributed by atoms with E-state index in [0.29, 0.717) is 13.1 Å². The van der Waals surface area contributed by atoms with Gasteiger partial charge in [-0.2, -0.15) is 0 Å². The molecule has 5 rings (SSSR count). The molecule has 1 aromatic carbocycles. The van der Waals surface area contributed by atoms with Crippen molar-refractivity contribution >= 4 is 5.91 Å². The smallest absolute Gasteiger partial charge is 0.242 e. The number of rotatable bonds is 4. The molecular formula is C22H28N4O3. The van der Waals surface area contributed by atoms with Crippen molar-refractivity contribution in [1.82, 2.24) is 19.8 Å². The van der Waals surface area contributed by atoms with Gasteiger partial charge in [0.1, 0.15) is 18.4 Å². The quantitative estimate of drug-likeness (QED) is 0.852. The first-order chi connectivity index (χ1) is 14.2. The summed E-state index contributed by atoms with van der Waals surface area (Å²) in [6.45, 7) is 4.18. The Hall–Kier alpha value is -2.38. The summed E-state index contributed by atoms with van der Waals surface area (Å²) in [6.07, 6.45) is 5.57. The molecule has 29 heavy (non-hydrogen) atoms. The average molecular weight is 396 g/mol. The van der Waals surface area contributed by atoms with Crippen LogP contribution in [0.15, 0.2) is 36.7 Å². The van der Waals surface area contributed by atoms with Gasteiger partial charge in [-0.1, -0.05) is 18.2 Å². The van der Waals surface area contributed by atoms with E-state index in [4.69, 9.17) is 14.5 Å². The first kappa shape index (κ1) is 18.6. The van der Waals surface area contributed by atoms with Gasteiger partial charge in [0.05, 0.1) is 24.1 Å². The normalized spacial score (nSPS) is 23.2. The number of hydrogen-bond donors (Lipinski definition) is 1. The van der Waals surface area contributed by atoms with Crippen LogP contribution < -0.4 is 10.1 Å². The Bertz CT molecular complexity index is 860. The lowest BCUT2D eigenvalue weighted by Crippen LogP contribution is -2.51. The molecule has 1 aromatic heterocycles. The van der Waals surface area contributed by atoms with Gasteiger partial charge in [-0.05, 0) is 25.0 Å². The van der Waals surface area contributed by atoms with Crippen LogP contribution in [0.2, 0.25) is 0 Å². The Kier molecular flexibility index (Phi) is 5.01. The minimum Gasteiger partial charge on any atom is -0.489 e. The molecule has 154 valence electrons. The second kappa shape index (κ2) is 7.80. The molecule has 3 aliphatic heterocycles. The van der Waals surface area contributed by atoms with Crippen LogP contribution in [0.1, 0.15) is 30.7 Å². The summed E-state index contributed by atoms with van der Waals surface area (Å²) in [5, 5.41) is 3.67. The van der Waals surface area contributed by atoms with Crippen molar-refractivity contribution in [2.24, 2.45) is 0 Å². The van der Waals surface area contributed by atoms with Crippen LogP contribution in [0.4, 0.5) is 0 Å². The maximum absolute atomic E-state index is 13.0. The number of imidazole rings is 1. The zero-order valence-corrected chi connectivity index (χ0v) is 16.7. The first-order valence-corrected chi connectivity index (χ1v) is 10.6. The van der Waals surface area contributed by atoms with Gasteiger partial charge in [-0.15, -0.1) is 0 Å². The Balaban J connectivity index is 1.24. The number of aromatic nitrogens is 2. The van der Waals surface area contributed by atoms with Crippen molar-refractivity contribution in [2.45, 2.75) is 43.9 Å². The summed E-state index contributed by atoms with van der Waals surface area (Å²) in [6, 6.07) is 9.83. The van der Waals surface area contributed by atoms with E-state index < -0.39 is 0 Å². The third-order valence-electron chi connectivity index (χ3n) is 6.42. The summed E-state index contributed by atoms with van der Waals surface area (Å²) in [4.78, 5) is 19.6. The molecule has 2 saturated heterocycles. The second-order valence-corrected chi connectivity index (χ2v) is 8.22. The predicted molar refractivity (Wildman–Crippen MR) is 108 cm³/mol. The molecule has 7 nitrogen and oxygen atoms in total. The number of nitrogens with one attached hydrogen (secondary N) is 1. The SMILES string of the molecule is O=C(Cn1cnc2c1CCNC21CCOCC1)N1CC[C@H](Oc2ccccc2)C1. The van der Waals surface area contributed by atoms with Crippen LogP contribution in [-0.2, 0) is 28.0 Å². The zero-order chi connectivity index (χ0) is 19.7. The summed E-state index contributed by atoms with van der Waals surface area (Å²) in [5.41, 5.74) is 2.24. The van der Waals surface area contributed by atoms with E-state index in [1.54, 1.807) is 0 Å². The third kappa shape index (κ3) is 3.65. The van der Waals surface area contributed by atoms with E-state index in [-0.39, 0.29) is 17.6 Å². The van der Waals surface area contributed by atoms with Gasteiger partial charge < -0.3 is 24.3 Å². The highest BCUT2D eigenvalue weighted by Crippen LogP contribution is 2.36. The highest BCUT2D eigenvalue weighted by atomic mass is 16.5. The lowest BCUT2D eigenvalue weighted by Gasteiger charge is -2.40. The van der Waals surface area contributed by atoms with E-state index >= 15 is 0 Å². The zero-order valence-electron chi connectivity index (χ0n) is 16.7. The number of ether oxygens (including phenoxy) is 2. The van der Waals surface area contributed by atoms with Crippen molar-refractivity contribution in [2.75, 3.05) is 32.8 Å². The molecule has 0 radical (unpaired) electrons. The lowest BCUT2D eigenvalue weighted by atomic mass is 9.82. The average Bonchev–Trinajstić information content (AvgIpc) is 3.38. The van der Waals surface area contributed by atoms with Gasteiger partial charge in [0.15, 0.2) is 0 Å². The van der Waals surface area contributed by atoms with Crippen LogP contribution in [0.3, 0.4) is 0 Å². The largest absolute Gasteiger partial charge is 0.489 e. The fourth-order valence-electron chi connectivity index (χ4n) is 4.83. The number of fused-ring (bicyclic) bond motifs is 2. The fraction of sp³-hybridized carbons (Fsp3) is 0.545. The van der Waals surface area contributed by atoms with Gasteiger partial charge in [0, 0.05) is 44.8 Å². The minimum atomic E-state index is -0.0810. The number of hydrogen-bond acceptors (Lipinski definition) is 5. The number of para-hydroxylation sites is 1. The number of likely N-dealkylation sites (tertiary alicyclic amines) is 1. The van der Waals surface area contributed by atoms with Gasteiger partial charge >= 0.3 is 0 Å². The van der Waals surface area contributed by atoms with Gasteiger partial charge in [-0.3, -0.25) is 4.79 Å². The highest BCUT2D eigenvalue weighted by Gasteiger charge is 2.41. The van der Waals surface area contributed by atoms with Crippen molar-refractivity contribution < 1.29 is 14.3 Å². The maximum atomic E-state index is 13.0. The molecule has 2 fully saturated rings. The summed E-state index contributed by atoms with van der Waals surface area (Å²) in [7, 11) is 0. The number of benzene rings is 1. The van der Waals surface area contributed by atoms with Crippen LogP contribution in [0.25, 0.3) is 0 Å². The van der Waals surface area contributed by atoms with Crippen LogP contribution in [0.5, 0.6) is 5.75 Å². The second-order valence-electron chi connectivity index (χ2n) is 8.22. The highest BCUT2D eigenvalue weighted by molar-refractivity contribution is 5.76. The van der Waals surface area contributed by atoms with Crippen molar-refractivity contribution in [3.05, 3.63) is 48.0 Å². The Labute approximate surface area is 171 Å². The summed E-state index contributed by atoms with van der Waals surface area (Å²) in [5.74, 6) is 1.01. The molecule has 0 aliphatic carbocycles. The molecule has 1 spiro atoms. The number of nitrogens with zero attached hydrogens (tertiary/aromatic N) is 3. The van der Waals surface area contributed by atoms with Gasteiger partial charge in [0.2, 0.25) is 5.91 Å². The van der Waals surface area contributed by atoms with E-state index in [0.717, 1.165) is 63.4 Å². The number of carbonyl (C=O) groups is 1. The Morgan fingerprint density at radius 2 is 2.10 bits per heavy atom. The first-order valence-electron chi connectivity index (χ1n) is 10.6. The van der Waals surface area contributed by atoms with Crippen molar-refractivity contribution in [3.63, 3.8) is 0 Å². The molecule has 0 bridgehead atoms. The molecular weight excluding hydrogens is 368 g/mol. The van der Waals surface area contributed by atoms with Crippen molar-refractivity contribution in [1.29, 1.82) is 0 Å². The topological polar surface area (TPSA) is 68.6 Å². The molecule has 7 heteroatoms. The predicted octanol–water partition coefficient (Wildman–Crippen LogP) is 1.71. The van der Waals surface area contributed by atoms with E-state index in [2.05, 4.69) is 9.88 Å². The number of carbonyl (C=O) groups excluding carboxylic acids is 1. The fourth-order valence-corrected chi connectivity index (χ4v) is 4.83. The monoisotopic (exact) mass is 396 g/mol. The van der Waals surface area contributed by atoms with E-state index in [9.17, 15) is 4.79 Å². The van der Waals surface area contributed by atoms with Crippen molar-refractivity contribution in [3.8, 4) is 5.75 Å². The Morgan fingerprint density at radius 3 is 2.93 bits per heavy atom. The van der Waals surface area contributed by atoms with Crippen LogP contribution >= 0.6 is 0 Å². The minimum absolute atomic E-state index is 0.0627. The molecule has 3 aliphatic rings. The van der Waals surface area contributed by atoms with Crippen LogP contribution in [-0.4, -0.2) is 59.3 Å². The number of amides is 1. The lowest BCUT2D eigenvalue weighted by molar-refractivity contribution is -0.131. The molecule has 4 heterocycles. The Morgan fingerprint density at radius 1 is 1.28 bits per heavy atom. The molecule has 0 saturated carbocycles. The van der Waals surface area contributed by atoms with Gasteiger partial charge in [-0.25, -0.2) is 4.98 Å². The molecule has 1 atom stereocenters. The van der Waals surface area contributed by atoms with E-state index in [1.165, 1.54) is 5.69 Å². The molecule has 0 unspecified atom stereocenters. The summed E-state index contributed by atoms with van der Waals surface area (Å²) < 4.78 is 13.6. The molecule has 1 N–H and O–H groups in total. The van der Waals surface area contributed by atoms with Crippen LogP contribution in [0, 0.1) is 0 Å².